The van der Waals surface area contributed by atoms with Gasteiger partial charge in [-0.15, -0.1) is 0 Å². The van der Waals surface area contributed by atoms with Crippen molar-refractivity contribution in [2.24, 2.45) is 0 Å². The Morgan fingerprint density at radius 1 is 0.118 bits per heavy atom. The SMILES string of the molecule is C(CN(CCCN(CCN1CCOCC1)CCN1CCOCC1)CCN(CCCN(CCN1CCOCC1)CCN1CCOCC1)CCCN(CCN1CCOCC1)CCN1CCOCC1)CN(CCN1CCOCC1)CCN1CCOCC1.C(COCCN1CCOCC1)CN(CCCOCCN1CCOCC1)CCN(CCCOCCN1CCOCC1)CCCOCCN1CCOCC1. The van der Waals surface area contributed by atoms with Crippen molar-refractivity contribution >= 4 is 0 Å². The third-order valence-corrected chi connectivity index (χ3v) is 29.6. The maximum absolute atomic E-state index is 6.07. The van der Waals surface area contributed by atoms with E-state index < -0.39 is 0 Å². The highest BCUT2D eigenvalue weighted by molar-refractivity contribution is 4.80. The normalized spacial score (nSPS) is 21.9. The summed E-state index contributed by atoms with van der Waals surface area (Å²) >= 11 is 0. The minimum Gasteiger partial charge on any atom is -0.380 e. The number of hydrogen-bond donors (Lipinski definition) is 0. The van der Waals surface area contributed by atoms with Crippen molar-refractivity contribution in [2.45, 2.75) is 51.4 Å². The molecule has 0 aliphatic carbocycles. The lowest BCUT2D eigenvalue weighted by Gasteiger charge is -2.34. The van der Waals surface area contributed by atoms with Crippen LogP contribution < -0.4 is 0 Å². The molecule has 0 saturated carbocycles. The van der Waals surface area contributed by atoms with Gasteiger partial charge in [0.2, 0.25) is 0 Å². The highest BCUT2D eigenvalue weighted by atomic mass is 16.5. The Hall–Kier alpha value is -1.44. The third-order valence-electron chi connectivity index (χ3n) is 29.6. The number of rotatable bonds is 74. The van der Waals surface area contributed by atoms with E-state index in [1.54, 1.807) is 0 Å². The van der Waals surface area contributed by atoms with Crippen molar-refractivity contribution in [2.75, 3.05) is 604 Å². The lowest BCUT2D eigenvalue weighted by molar-refractivity contribution is 0.0171. The Labute approximate surface area is 825 Å². The van der Waals surface area contributed by atoms with E-state index >= 15 is 0 Å². The van der Waals surface area contributed by atoms with Gasteiger partial charge in [0.05, 0.1) is 185 Å². The summed E-state index contributed by atoms with van der Waals surface area (Å²) in [7, 11) is 0. The van der Waals surface area contributed by atoms with Crippen molar-refractivity contribution in [1.29, 1.82) is 0 Å². The molecule has 0 N–H and O–H groups in total. The molecule has 36 nitrogen and oxygen atoms in total. The maximum atomic E-state index is 6.07. The molecule has 0 aromatic rings. The largest absolute Gasteiger partial charge is 0.380 e. The molecule has 0 aromatic carbocycles. The predicted octanol–water partition coefficient (Wildman–Crippen LogP) is -0.438. The van der Waals surface area contributed by atoms with Crippen molar-refractivity contribution in [1.82, 2.24) is 98.0 Å². The number of morpholine rings is 12. The van der Waals surface area contributed by atoms with E-state index in [1.807, 2.05) is 0 Å². The van der Waals surface area contributed by atoms with Gasteiger partial charge < -0.3 is 115 Å². The molecule has 0 spiro atoms. The van der Waals surface area contributed by atoms with E-state index in [-0.39, 0.29) is 0 Å². The molecule has 0 atom stereocenters. The highest BCUT2D eigenvalue weighted by Crippen LogP contribution is 2.14. The van der Waals surface area contributed by atoms with Crippen LogP contribution in [-0.4, -0.2) is 702 Å². The average Bonchev–Trinajstić information content (AvgIpc) is 0.912. The van der Waals surface area contributed by atoms with Gasteiger partial charge in [0.1, 0.15) is 0 Å². The van der Waals surface area contributed by atoms with E-state index in [9.17, 15) is 0 Å². The van der Waals surface area contributed by atoms with E-state index in [4.69, 9.17) is 75.8 Å². The van der Waals surface area contributed by atoms with Crippen molar-refractivity contribution in [3.63, 3.8) is 0 Å². The Morgan fingerprint density at radius 2 is 0.228 bits per heavy atom. The van der Waals surface area contributed by atoms with Crippen molar-refractivity contribution in [3.8, 4) is 0 Å². The standard InChI is InChI=1S/C62H124N14O8.C38H76N6O8/c1(9-65(15-23-69-31-47-77-48-32-69)16-24-70-33-49-78-50-34-70)5-63(6-2-10-66(17-25-71-35-51-79-52-36-71)18-26-72-37-53-80-54-38-72)13-14-64(7-3-11-67(19-27-73-39-55-81-56-40-73)20-28-74-41-57-82-58-42-74)8-4-12-68(21-29-75-43-59-83-60-44-75)22-30-76-45-61-84-62-46-76;1(23-45-27-11-41-15-31-49-32-16-41)5-39(6-2-24-46-28-12-42-17-33-50-34-18-42)9-10-40(7-3-25-47-29-13-43-19-35-51-36-20-43)8-4-26-48-30-14-44-21-37-52-38-22-44/h1-62H2;1-38H2. The number of hydrogen-bond acceptors (Lipinski definition) is 36. The summed E-state index contributed by atoms with van der Waals surface area (Å²) in [5.74, 6) is 0. The van der Waals surface area contributed by atoms with Crippen molar-refractivity contribution < 1.29 is 75.8 Å². The second-order valence-electron chi connectivity index (χ2n) is 39.5. The molecule has 36 heteroatoms. The second kappa shape index (κ2) is 77.0. The summed E-state index contributed by atoms with van der Waals surface area (Å²) in [5, 5.41) is 0. The van der Waals surface area contributed by atoms with Crippen LogP contribution in [0.15, 0.2) is 0 Å². The van der Waals surface area contributed by atoms with Crippen LogP contribution >= 0.6 is 0 Å². The summed E-state index contributed by atoms with van der Waals surface area (Å²) in [6.45, 7) is 91.8. The van der Waals surface area contributed by atoms with E-state index in [2.05, 4.69) is 98.0 Å². The minimum atomic E-state index is 0.799. The van der Waals surface area contributed by atoms with Crippen LogP contribution in [0.3, 0.4) is 0 Å². The Balaban J connectivity index is 0.000000293. The Morgan fingerprint density at radius 3 is 0.360 bits per heavy atom. The summed E-state index contributed by atoms with van der Waals surface area (Å²) in [6.07, 6.45) is 9.01. The topological polar surface area (TPSA) is 212 Å². The van der Waals surface area contributed by atoms with Crippen LogP contribution in [0.25, 0.3) is 0 Å². The quantitative estimate of drug-likeness (QED) is 0.0707. The van der Waals surface area contributed by atoms with Gasteiger partial charge in [-0.25, -0.2) is 0 Å². The fourth-order valence-electron chi connectivity index (χ4n) is 20.2. The van der Waals surface area contributed by atoms with Gasteiger partial charge in [-0.1, -0.05) is 0 Å². The number of nitrogens with zero attached hydrogens (tertiary/aromatic N) is 20. The zero-order chi connectivity index (χ0) is 93.6. The minimum absolute atomic E-state index is 0.799. The lowest BCUT2D eigenvalue weighted by Crippen LogP contribution is -2.46. The number of ether oxygens (including phenoxy) is 16. The van der Waals surface area contributed by atoms with Crippen LogP contribution in [0.2, 0.25) is 0 Å². The molecule has 12 aliphatic rings. The van der Waals surface area contributed by atoms with Crippen LogP contribution in [0.5, 0.6) is 0 Å². The van der Waals surface area contributed by atoms with Crippen LogP contribution in [0, 0.1) is 0 Å². The molecule has 136 heavy (non-hydrogen) atoms. The zero-order valence-corrected chi connectivity index (χ0v) is 86.2. The molecule has 12 heterocycles. The van der Waals surface area contributed by atoms with E-state index in [0.717, 1.165) is 630 Å². The first kappa shape index (κ1) is 115. The molecule has 12 rings (SSSR count). The van der Waals surface area contributed by atoms with Gasteiger partial charge in [0, 0.05) is 367 Å². The van der Waals surface area contributed by atoms with Crippen LogP contribution in [0.1, 0.15) is 51.4 Å². The molecule has 12 aliphatic heterocycles. The second-order valence-corrected chi connectivity index (χ2v) is 39.5. The molecule has 796 valence electrons. The van der Waals surface area contributed by atoms with Gasteiger partial charge in [-0.05, 0) is 104 Å². The van der Waals surface area contributed by atoms with Crippen molar-refractivity contribution in [3.05, 3.63) is 0 Å². The summed E-state index contributed by atoms with van der Waals surface area (Å²) in [5.41, 5.74) is 0. The van der Waals surface area contributed by atoms with Gasteiger partial charge in [-0.3, -0.25) is 58.8 Å². The fourth-order valence-corrected chi connectivity index (χ4v) is 20.2. The van der Waals surface area contributed by atoms with Gasteiger partial charge in [0.15, 0.2) is 0 Å². The smallest absolute Gasteiger partial charge is 0.0594 e. The van der Waals surface area contributed by atoms with Gasteiger partial charge >= 0.3 is 0 Å². The van der Waals surface area contributed by atoms with Crippen LogP contribution in [0.4, 0.5) is 0 Å². The Kier molecular flexibility index (Phi) is 65.0. The van der Waals surface area contributed by atoms with Crippen LogP contribution in [-0.2, 0) is 75.8 Å². The molecule has 0 amide bonds. The lowest BCUT2D eigenvalue weighted by atomic mass is 10.2. The van der Waals surface area contributed by atoms with E-state index in [1.165, 1.54) is 25.7 Å². The Bertz CT molecular complexity index is 2270. The van der Waals surface area contributed by atoms with Gasteiger partial charge in [0.25, 0.3) is 0 Å². The van der Waals surface area contributed by atoms with Gasteiger partial charge in [-0.2, -0.15) is 0 Å². The molecule has 12 fully saturated rings. The third kappa shape index (κ3) is 54.8. The molecular weight excluding hydrogens is 1740 g/mol. The zero-order valence-electron chi connectivity index (χ0n) is 86.2. The molecule has 0 unspecified atom stereocenters. The average molecular weight is 1940 g/mol. The highest BCUT2D eigenvalue weighted by Gasteiger charge is 2.26. The first-order valence-corrected chi connectivity index (χ1v) is 55.2. The molecule has 0 bridgehead atoms. The molecule has 12 saturated heterocycles. The van der Waals surface area contributed by atoms with E-state index in [0.29, 0.717) is 0 Å². The first-order chi connectivity index (χ1) is 67.5. The monoisotopic (exact) mass is 1940 g/mol. The summed E-state index contributed by atoms with van der Waals surface area (Å²) in [6, 6.07) is 0. The fraction of sp³-hybridized carbons (Fsp3) is 1.00. The summed E-state index contributed by atoms with van der Waals surface area (Å²) < 4.78 is 92.3. The predicted molar refractivity (Wildman–Crippen MR) is 539 cm³/mol. The molecular formula is C100H200N20O16. The maximum Gasteiger partial charge on any atom is 0.0594 e. The first-order valence-electron chi connectivity index (χ1n) is 55.2. The summed E-state index contributed by atoms with van der Waals surface area (Å²) in [4.78, 5) is 52.9. The molecule has 0 radical (unpaired) electrons. The molecule has 0 aromatic heterocycles.